The maximum absolute atomic E-state index is 12.5. The van der Waals surface area contributed by atoms with E-state index >= 15 is 0 Å². The van der Waals surface area contributed by atoms with Crippen molar-refractivity contribution in [3.63, 3.8) is 0 Å². The highest BCUT2D eigenvalue weighted by molar-refractivity contribution is 5.79. The van der Waals surface area contributed by atoms with Gasteiger partial charge in [-0.05, 0) is 19.8 Å². The van der Waals surface area contributed by atoms with Crippen LogP contribution >= 0.6 is 0 Å². The third-order valence-electron chi connectivity index (χ3n) is 5.18. The van der Waals surface area contributed by atoms with Gasteiger partial charge in [-0.2, -0.15) is 0 Å². The van der Waals surface area contributed by atoms with Crippen LogP contribution in [0.5, 0.6) is 0 Å². The molecule has 4 rings (SSSR count). The summed E-state index contributed by atoms with van der Waals surface area (Å²) >= 11 is 0. The Morgan fingerprint density at radius 3 is 2.79 bits per heavy atom. The van der Waals surface area contributed by atoms with Crippen LogP contribution in [0.15, 0.2) is 12.4 Å². The molecule has 3 aliphatic rings. The number of rotatable bonds is 3. The average Bonchev–Trinajstić information content (AvgIpc) is 3.00. The van der Waals surface area contributed by atoms with Crippen LogP contribution in [0.4, 0.5) is 0 Å². The van der Waals surface area contributed by atoms with Crippen LogP contribution in [0, 0.1) is 6.92 Å². The molecule has 1 aromatic heterocycles. The van der Waals surface area contributed by atoms with Crippen molar-refractivity contribution < 1.29 is 14.3 Å². The summed E-state index contributed by atoms with van der Waals surface area (Å²) in [5.74, 6) is 0.125. The van der Waals surface area contributed by atoms with E-state index in [1.54, 1.807) is 6.20 Å². The molecule has 24 heavy (non-hydrogen) atoms. The molecule has 0 radical (unpaired) electrons. The first-order valence-corrected chi connectivity index (χ1v) is 8.71. The number of carbonyl (C=O) groups is 1. The molecule has 0 saturated carbocycles. The molecule has 4 heterocycles. The van der Waals surface area contributed by atoms with Crippen molar-refractivity contribution in [3.8, 4) is 0 Å². The molecule has 1 aromatic rings. The van der Waals surface area contributed by atoms with Crippen LogP contribution in [0.1, 0.15) is 24.2 Å². The van der Waals surface area contributed by atoms with E-state index in [4.69, 9.17) is 9.47 Å². The number of morpholine rings is 1. The van der Waals surface area contributed by atoms with E-state index in [-0.39, 0.29) is 24.7 Å². The Labute approximate surface area is 142 Å². The molecule has 3 saturated heterocycles. The summed E-state index contributed by atoms with van der Waals surface area (Å²) in [4.78, 5) is 25.6. The number of ether oxygens (including phenoxy) is 2. The summed E-state index contributed by atoms with van der Waals surface area (Å²) in [7, 11) is 0. The van der Waals surface area contributed by atoms with Crippen LogP contribution in [0.3, 0.4) is 0 Å². The number of hydrogen-bond acceptors (Lipinski definition) is 6. The fraction of sp³-hybridized carbons (Fsp3) is 0.706. The highest BCUT2D eigenvalue weighted by Crippen LogP contribution is 2.29. The number of fused-ring (bicyclic) bond motifs is 1. The van der Waals surface area contributed by atoms with Crippen LogP contribution in [-0.4, -0.2) is 76.8 Å². The molecular weight excluding hydrogens is 308 g/mol. The van der Waals surface area contributed by atoms with E-state index in [9.17, 15) is 4.79 Å². The zero-order valence-electron chi connectivity index (χ0n) is 14.1. The van der Waals surface area contributed by atoms with Gasteiger partial charge in [-0.15, -0.1) is 0 Å². The molecule has 0 aromatic carbocycles. The van der Waals surface area contributed by atoms with E-state index in [0.29, 0.717) is 6.04 Å². The molecule has 1 amide bonds. The van der Waals surface area contributed by atoms with Gasteiger partial charge in [-0.1, -0.05) is 0 Å². The largest absolute Gasteiger partial charge is 0.381 e. The summed E-state index contributed by atoms with van der Waals surface area (Å²) in [6, 6.07) is 0.439. The van der Waals surface area contributed by atoms with Crippen LogP contribution in [0.25, 0.3) is 0 Å². The lowest BCUT2D eigenvalue weighted by atomic mass is 10.0. The summed E-state index contributed by atoms with van der Waals surface area (Å²) in [6.07, 6.45) is 5.59. The number of carbonyl (C=O) groups excluding carboxylic acids is 1. The Morgan fingerprint density at radius 2 is 2.04 bits per heavy atom. The highest BCUT2D eigenvalue weighted by atomic mass is 16.5. The first-order valence-electron chi connectivity index (χ1n) is 8.71. The predicted molar refractivity (Wildman–Crippen MR) is 86.3 cm³/mol. The van der Waals surface area contributed by atoms with Crippen molar-refractivity contribution in [1.29, 1.82) is 0 Å². The molecule has 0 aliphatic carbocycles. The number of hydrogen-bond donors (Lipinski definition) is 0. The zero-order chi connectivity index (χ0) is 16.5. The molecule has 3 aliphatic heterocycles. The van der Waals surface area contributed by atoms with Crippen LogP contribution in [0.2, 0.25) is 0 Å². The number of amides is 1. The molecule has 0 spiro atoms. The SMILES string of the molecule is Cc1cnc(CN2C[C@@H]3OCC(=O)N(C4CCOCC4)[C@H]3C2)cn1. The van der Waals surface area contributed by atoms with Gasteiger partial charge in [-0.25, -0.2) is 0 Å². The Balaban J connectivity index is 1.45. The molecule has 0 N–H and O–H groups in total. The predicted octanol–water partition coefficient (Wildman–Crippen LogP) is 0.376. The first-order chi connectivity index (χ1) is 11.7. The summed E-state index contributed by atoms with van der Waals surface area (Å²) < 4.78 is 11.3. The minimum atomic E-state index is 0.101. The van der Waals surface area contributed by atoms with Gasteiger partial charge in [0.1, 0.15) is 6.61 Å². The fourth-order valence-electron chi connectivity index (χ4n) is 4.00. The third-order valence-corrected chi connectivity index (χ3v) is 5.18. The third kappa shape index (κ3) is 3.16. The number of likely N-dealkylation sites (tertiary alicyclic amines) is 1. The maximum Gasteiger partial charge on any atom is 0.249 e. The van der Waals surface area contributed by atoms with Gasteiger partial charge in [0.2, 0.25) is 5.91 Å². The quantitative estimate of drug-likeness (QED) is 0.797. The van der Waals surface area contributed by atoms with E-state index in [0.717, 1.165) is 57.1 Å². The van der Waals surface area contributed by atoms with E-state index in [1.807, 2.05) is 13.1 Å². The van der Waals surface area contributed by atoms with Crippen molar-refractivity contribution in [2.75, 3.05) is 32.9 Å². The van der Waals surface area contributed by atoms with Gasteiger partial charge in [0.05, 0.1) is 23.5 Å². The number of aromatic nitrogens is 2. The first kappa shape index (κ1) is 15.9. The smallest absolute Gasteiger partial charge is 0.249 e. The van der Waals surface area contributed by atoms with Crippen molar-refractivity contribution in [3.05, 3.63) is 23.8 Å². The topological polar surface area (TPSA) is 67.8 Å². The van der Waals surface area contributed by atoms with E-state index in [1.165, 1.54) is 0 Å². The van der Waals surface area contributed by atoms with Gasteiger partial charge in [0, 0.05) is 51.3 Å². The monoisotopic (exact) mass is 332 g/mol. The second kappa shape index (κ2) is 6.74. The summed E-state index contributed by atoms with van der Waals surface area (Å²) in [5.41, 5.74) is 1.89. The molecule has 3 fully saturated rings. The lowest BCUT2D eigenvalue weighted by molar-refractivity contribution is -0.159. The molecule has 7 heteroatoms. The molecule has 7 nitrogen and oxygen atoms in total. The van der Waals surface area contributed by atoms with Gasteiger partial charge in [0.25, 0.3) is 0 Å². The minimum absolute atomic E-state index is 0.101. The maximum atomic E-state index is 12.5. The number of nitrogens with zero attached hydrogens (tertiary/aromatic N) is 4. The lowest BCUT2D eigenvalue weighted by Crippen LogP contribution is -2.58. The van der Waals surface area contributed by atoms with Gasteiger partial charge < -0.3 is 14.4 Å². The van der Waals surface area contributed by atoms with Crippen molar-refractivity contribution in [2.24, 2.45) is 0 Å². The second-order valence-electron chi connectivity index (χ2n) is 6.90. The second-order valence-corrected chi connectivity index (χ2v) is 6.90. The average molecular weight is 332 g/mol. The molecule has 0 unspecified atom stereocenters. The number of aryl methyl sites for hydroxylation is 1. The van der Waals surface area contributed by atoms with Gasteiger partial charge in [0.15, 0.2) is 0 Å². The molecular formula is C17H24N4O3. The van der Waals surface area contributed by atoms with E-state index in [2.05, 4.69) is 19.8 Å². The minimum Gasteiger partial charge on any atom is -0.381 e. The normalized spacial score (nSPS) is 29.0. The Bertz CT molecular complexity index is 588. The van der Waals surface area contributed by atoms with E-state index < -0.39 is 0 Å². The molecule has 130 valence electrons. The van der Waals surface area contributed by atoms with Crippen LogP contribution < -0.4 is 0 Å². The fourth-order valence-corrected chi connectivity index (χ4v) is 4.00. The Hall–Kier alpha value is -1.57. The molecule has 0 bridgehead atoms. The summed E-state index contributed by atoms with van der Waals surface area (Å²) in [5, 5.41) is 0. The van der Waals surface area contributed by atoms with Crippen molar-refractivity contribution in [1.82, 2.24) is 19.8 Å². The standard InChI is InChI=1S/C17H24N4O3/c1-12-6-19-13(7-18-12)8-20-9-15-16(10-20)24-11-17(22)21(15)14-2-4-23-5-3-14/h6-7,14-16H,2-5,8-11H2,1H3/t15-,16-/m0/s1. The van der Waals surface area contributed by atoms with Crippen molar-refractivity contribution in [2.45, 2.75) is 44.5 Å². The van der Waals surface area contributed by atoms with Gasteiger partial charge >= 0.3 is 0 Å². The van der Waals surface area contributed by atoms with Crippen LogP contribution in [-0.2, 0) is 20.8 Å². The van der Waals surface area contributed by atoms with Crippen molar-refractivity contribution >= 4 is 5.91 Å². The zero-order valence-corrected chi connectivity index (χ0v) is 14.1. The lowest BCUT2D eigenvalue weighted by Gasteiger charge is -2.43. The Morgan fingerprint density at radius 1 is 1.21 bits per heavy atom. The molecule has 2 atom stereocenters. The van der Waals surface area contributed by atoms with Gasteiger partial charge in [-0.3, -0.25) is 19.7 Å². The highest BCUT2D eigenvalue weighted by Gasteiger charge is 2.45. The summed E-state index contributed by atoms with van der Waals surface area (Å²) in [6.45, 7) is 6.06. The Kier molecular flexibility index (Phi) is 4.47.